The van der Waals surface area contributed by atoms with Crippen LogP contribution in [0, 0.1) is 0 Å². The molecule has 0 bridgehead atoms. The summed E-state index contributed by atoms with van der Waals surface area (Å²) in [7, 11) is 0. The van der Waals surface area contributed by atoms with Gasteiger partial charge in [-0.05, 0) is 24.3 Å². The van der Waals surface area contributed by atoms with Gasteiger partial charge in [-0.2, -0.15) is 0 Å². The van der Waals surface area contributed by atoms with E-state index in [2.05, 4.69) is 10.2 Å². The van der Waals surface area contributed by atoms with Crippen molar-refractivity contribution in [2.45, 2.75) is 12.6 Å². The predicted octanol–water partition coefficient (Wildman–Crippen LogP) is 2.68. The fourth-order valence-electron chi connectivity index (χ4n) is 2.38. The molecule has 0 saturated carbocycles. The Morgan fingerprint density at radius 1 is 1.45 bits per heavy atom. The van der Waals surface area contributed by atoms with Crippen LogP contribution in [0.5, 0.6) is 0 Å². The molecule has 3 heterocycles. The molecule has 118 valence electrons. The SMILES string of the molecule is O=C(CN1CCO[C@H](c2ccc(Cl)s2)C1)NCc1ccco1. The highest BCUT2D eigenvalue weighted by atomic mass is 35.5. The summed E-state index contributed by atoms with van der Waals surface area (Å²) in [6.45, 7) is 2.85. The van der Waals surface area contributed by atoms with Crippen LogP contribution in [0.2, 0.25) is 4.34 Å². The number of furan rings is 1. The first kappa shape index (κ1) is 15.6. The second-order valence-electron chi connectivity index (χ2n) is 5.09. The van der Waals surface area contributed by atoms with Crippen LogP contribution < -0.4 is 5.32 Å². The van der Waals surface area contributed by atoms with Crippen molar-refractivity contribution < 1.29 is 13.9 Å². The van der Waals surface area contributed by atoms with E-state index in [1.54, 1.807) is 12.3 Å². The lowest BCUT2D eigenvalue weighted by Gasteiger charge is -2.31. The van der Waals surface area contributed by atoms with E-state index in [-0.39, 0.29) is 12.0 Å². The smallest absolute Gasteiger partial charge is 0.234 e. The highest BCUT2D eigenvalue weighted by Crippen LogP contribution is 2.30. The number of halogens is 1. The molecule has 22 heavy (non-hydrogen) atoms. The zero-order valence-corrected chi connectivity index (χ0v) is 13.5. The molecule has 0 radical (unpaired) electrons. The fourth-order valence-corrected chi connectivity index (χ4v) is 3.48. The van der Waals surface area contributed by atoms with Gasteiger partial charge in [-0.25, -0.2) is 0 Å². The van der Waals surface area contributed by atoms with Crippen LogP contribution in [-0.4, -0.2) is 37.0 Å². The number of rotatable bonds is 5. The number of morpholine rings is 1. The average molecular weight is 341 g/mol. The van der Waals surface area contributed by atoms with Crippen LogP contribution >= 0.6 is 22.9 Å². The van der Waals surface area contributed by atoms with E-state index in [4.69, 9.17) is 20.8 Å². The number of amides is 1. The number of hydrogen-bond donors (Lipinski definition) is 1. The van der Waals surface area contributed by atoms with Gasteiger partial charge in [0, 0.05) is 18.0 Å². The lowest BCUT2D eigenvalue weighted by molar-refractivity contribution is -0.124. The van der Waals surface area contributed by atoms with Crippen LogP contribution in [0.4, 0.5) is 0 Å². The third kappa shape index (κ3) is 4.10. The molecule has 0 unspecified atom stereocenters. The average Bonchev–Trinajstić information content (AvgIpc) is 3.17. The number of thiophene rings is 1. The van der Waals surface area contributed by atoms with Crippen LogP contribution in [0.3, 0.4) is 0 Å². The lowest BCUT2D eigenvalue weighted by atomic mass is 10.2. The van der Waals surface area contributed by atoms with E-state index < -0.39 is 0 Å². The van der Waals surface area contributed by atoms with Crippen molar-refractivity contribution in [3.05, 3.63) is 45.5 Å². The molecule has 2 aromatic heterocycles. The standard InChI is InChI=1S/C15H17ClN2O3S/c16-14-4-3-13(22-14)12-9-18(5-7-21-12)10-15(19)17-8-11-2-1-6-20-11/h1-4,6,12H,5,7-10H2,(H,17,19)/t12-/m0/s1. The van der Waals surface area contributed by atoms with E-state index in [1.807, 2.05) is 18.2 Å². The molecule has 2 aromatic rings. The first-order valence-electron chi connectivity index (χ1n) is 7.09. The molecule has 1 fully saturated rings. The molecule has 1 amide bonds. The molecule has 0 aromatic carbocycles. The van der Waals surface area contributed by atoms with Gasteiger partial charge in [0.1, 0.15) is 11.9 Å². The summed E-state index contributed by atoms with van der Waals surface area (Å²) in [5, 5.41) is 2.86. The molecular weight excluding hydrogens is 324 g/mol. The first-order valence-corrected chi connectivity index (χ1v) is 8.28. The highest BCUT2D eigenvalue weighted by molar-refractivity contribution is 7.16. The van der Waals surface area contributed by atoms with Gasteiger partial charge in [-0.3, -0.25) is 9.69 Å². The molecule has 5 nitrogen and oxygen atoms in total. The Morgan fingerprint density at radius 2 is 2.36 bits per heavy atom. The van der Waals surface area contributed by atoms with Gasteiger partial charge in [0.05, 0.1) is 30.3 Å². The number of carbonyl (C=O) groups excluding carboxylic acids is 1. The Balaban J connectivity index is 1.48. The van der Waals surface area contributed by atoms with Crippen molar-refractivity contribution in [1.29, 1.82) is 0 Å². The molecule has 1 aliphatic heterocycles. The Hall–Kier alpha value is -1.34. The normalized spacial score (nSPS) is 19.2. The van der Waals surface area contributed by atoms with E-state index in [1.165, 1.54) is 11.3 Å². The minimum Gasteiger partial charge on any atom is -0.467 e. The molecule has 3 rings (SSSR count). The van der Waals surface area contributed by atoms with Gasteiger partial charge < -0.3 is 14.5 Å². The maximum absolute atomic E-state index is 12.0. The summed E-state index contributed by atoms with van der Waals surface area (Å²) < 4.78 is 11.7. The van der Waals surface area contributed by atoms with Crippen LogP contribution in [0.1, 0.15) is 16.7 Å². The van der Waals surface area contributed by atoms with E-state index in [0.29, 0.717) is 26.2 Å². The molecule has 1 atom stereocenters. The van der Waals surface area contributed by atoms with Gasteiger partial charge in [0.25, 0.3) is 0 Å². The monoisotopic (exact) mass is 340 g/mol. The molecule has 7 heteroatoms. The molecule has 1 saturated heterocycles. The largest absolute Gasteiger partial charge is 0.467 e. The van der Waals surface area contributed by atoms with E-state index in [9.17, 15) is 4.79 Å². The summed E-state index contributed by atoms with van der Waals surface area (Å²) in [5.41, 5.74) is 0. The van der Waals surface area contributed by atoms with Crippen LogP contribution in [0.15, 0.2) is 34.9 Å². The van der Waals surface area contributed by atoms with E-state index >= 15 is 0 Å². The summed E-state index contributed by atoms with van der Waals surface area (Å²) >= 11 is 7.49. The summed E-state index contributed by atoms with van der Waals surface area (Å²) in [4.78, 5) is 15.2. The third-order valence-electron chi connectivity index (χ3n) is 3.47. The van der Waals surface area contributed by atoms with Gasteiger partial charge in [-0.1, -0.05) is 11.6 Å². The number of nitrogens with one attached hydrogen (secondary N) is 1. The summed E-state index contributed by atoms with van der Waals surface area (Å²) in [6, 6.07) is 7.50. The maximum Gasteiger partial charge on any atom is 0.234 e. The number of hydrogen-bond acceptors (Lipinski definition) is 5. The Labute approximate surface area is 137 Å². The molecular formula is C15H17ClN2O3S. The van der Waals surface area contributed by atoms with Crippen molar-refractivity contribution >= 4 is 28.8 Å². The minimum absolute atomic E-state index is 0.0101. The highest BCUT2D eigenvalue weighted by Gasteiger charge is 2.24. The molecule has 0 spiro atoms. The van der Waals surface area contributed by atoms with Crippen molar-refractivity contribution in [2.75, 3.05) is 26.2 Å². The minimum atomic E-state index is -0.0127. The lowest BCUT2D eigenvalue weighted by Crippen LogP contribution is -2.44. The van der Waals surface area contributed by atoms with Gasteiger partial charge in [0.2, 0.25) is 5.91 Å². The van der Waals surface area contributed by atoms with Crippen molar-refractivity contribution in [3.8, 4) is 0 Å². The Morgan fingerprint density at radius 3 is 3.09 bits per heavy atom. The number of ether oxygens (including phenoxy) is 1. The zero-order valence-electron chi connectivity index (χ0n) is 12.0. The molecule has 1 N–H and O–H groups in total. The fraction of sp³-hybridized carbons (Fsp3) is 0.400. The number of carbonyl (C=O) groups is 1. The van der Waals surface area contributed by atoms with Gasteiger partial charge >= 0.3 is 0 Å². The van der Waals surface area contributed by atoms with Crippen LogP contribution in [0.25, 0.3) is 0 Å². The van der Waals surface area contributed by atoms with Gasteiger partial charge in [-0.15, -0.1) is 11.3 Å². The summed E-state index contributed by atoms with van der Waals surface area (Å²) in [6.07, 6.45) is 1.59. The van der Waals surface area contributed by atoms with Crippen molar-refractivity contribution in [1.82, 2.24) is 10.2 Å². The van der Waals surface area contributed by atoms with E-state index in [0.717, 1.165) is 21.5 Å². The second-order valence-corrected chi connectivity index (χ2v) is 6.84. The zero-order chi connectivity index (χ0) is 15.4. The first-order chi connectivity index (χ1) is 10.7. The molecule has 0 aliphatic carbocycles. The third-order valence-corrected chi connectivity index (χ3v) is 4.79. The second kappa shape index (κ2) is 7.28. The quantitative estimate of drug-likeness (QED) is 0.909. The topological polar surface area (TPSA) is 54.7 Å². The van der Waals surface area contributed by atoms with Crippen LogP contribution in [-0.2, 0) is 16.1 Å². The number of nitrogens with zero attached hydrogens (tertiary/aromatic N) is 1. The van der Waals surface area contributed by atoms with Gasteiger partial charge in [0.15, 0.2) is 0 Å². The maximum atomic E-state index is 12.0. The molecule has 1 aliphatic rings. The van der Waals surface area contributed by atoms with Crippen molar-refractivity contribution in [3.63, 3.8) is 0 Å². The Kier molecular flexibility index (Phi) is 5.15. The Bertz CT molecular complexity index is 614. The predicted molar refractivity (Wildman–Crippen MR) is 85.0 cm³/mol. The summed E-state index contributed by atoms with van der Waals surface area (Å²) in [5.74, 6) is 0.739. The van der Waals surface area contributed by atoms with Crippen molar-refractivity contribution in [2.24, 2.45) is 0 Å².